The lowest BCUT2D eigenvalue weighted by atomic mass is 9.69. The van der Waals surface area contributed by atoms with Crippen molar-refractivity contribution in [3.05, 3.63) is 52.4 Å². The molecule has 0 spiro atoms. The minimum Gasteiger partial charge on any atom is -0.508 e. The summed E-state index contributed by atoms with van der Waals surface area (Å²) in [5.74, 6) is -0.175. The zero-order valence-corrected chi connectivity index (χ0v) is 13.6. The number of nitriles is 1. The van der Waals surface area contributed by atoms with Crippen molar-refractivity contribution in [2.45, 2.75) is 39.5 Å². The Bertz CT molecular complexity index is 794. The first kappa shape index (κ1) is 15.4. The largest absolute Gasteiger partial charge is 0.508 e. The van der Waals surface area contributed by atoms with Gasteiger partial charge in [-0.25, -0.2) is 0 Å². The van der Waals surface area contributed by atoms with Crippen molar-refractivity contribution in [2.75, 3.05) is 0 Å². The molecule has 1 atom stereocenters. The van der Waals surface area contributed by atoms with Gasteiger partial charge >= 0.3 is 0 Å². The number of hydrogen-bond donors (Lipinski definition) is 2. The molecule has 0 saturated carbocycles. The molecule has 1 heterocycles. The van der Waals surface area contributed by atoms with Gasteiger partial charge in [-0.1, -0.05) is 26.0 Å². The lowest BCUT2D eigenvalue weighted by Crippen LogP contribution is -2.36. The molecule has 0 amide bonds. The van der Waals surface area contributed by atoms with Gasteiger partial charge < -0.3 is 10.4 Å². The number of hydrogen-bond acceptors (Lipinski definition) is 4. The highest BCUT2D eigenvalue weighted by atomic mass is 16.3. The lowest BCUT2D eigenvalue weighted by Gasteiger charge is -2.38. The van der Waals surface area contributed by atoms with Gasteiger partial charge in [-0.3, -0.25) is 4.79 Å². The predicted octanol–water partition coefficient (Wildman–Crippen LogP) is 3.52. The van der Waals surface area contributed by atoms with E-state index >= 15 is 0 Å². The molecule has 1 aliphatic carbocycles. The summed E-state index contributed by atoms with van der Waals surface area (Å²) in [6.07, 6.45) is 1.25. The molecule has 0 saturated heterocycles. The second kappa shape index (κ2) is 5.27. The van der Waals surface area contributed by atoms with Gasteiger partial charge in [0.1, 0.15) is 5.75 Å². The molecule has 0 aromatic heterocycles. The van der Waals surface area contributed by atoms with Crippen molar-refractivity contribution in [1.29, 1.82) is 5.26 Å². The van der Waals surface area contributed by atoms with Crippen LogP contribution in [0.15, 0.2) is 46.8 Å². The van der Waals surface area contributed by atoms with Crippen molar-refractivity contribution < 1.29 is 9.90 Å². The minimum atomic E-state index is -0.396. The van der Waals surface area contributed by atoms with Gasteiger partial charge in [0.2, 0.25) is 0 Å². The minimum absolute atomic E-state index is 0.0809. The Morgan fingerprint density at radius 1 is 1.35 bits per heavy atom. The third-order valence-corrected chi connectivity index (χ3v) is 4.56. The molecule has 1 aliphatic heterocycles. The van der Waals surface area contributed by atoms with Crippen molar-refractivity contribution in [2.24, 2.45) is 5.41 Å². The Hall–Kier alpha value is -2.54. The highest BCUT2D eigenvalue weighted by Gasteiger charge is 2.41. The molecule has 3 rings (SSSR count). The summed E-state index contributed by atoms with van der Waals surface area (Å²) in [6, 6.07) is 9.08. The van der Waals surface area contributed by atoms with Crippen molar-refractivity contribution in [3.8, 4) is 11.8 Å². The third-order valence-electron chi connectivity index (χ3n) is 4.56. The van der Waals surface area contributed by atoms with Crippen LogP contribution in [-0.2, 0) is 4.79 Å². The number of aromatic hydroxyl groups is 1. The fourth-order valence-corrected chi connectivity index (χ4v) is 3.62. The number of ketones is 1. The molecule has 2 N–H and O–H groups in total. The summed E-state index contributed by atoms with van der Waals surface area (Å²) in [5, 5.41) is 22.7. The monoisotopic (exact) mass is 308 g/mol. The van der Waals surface area contributed by atoms with Gasteiger partial charge in [-0.15, -0.1) is 0 Å². The van der Waals surface area contributed by atoms with Crippen LogP contribution in [0.25, 0.3) is 0 Å². The van der Waals surface area contributed by atoms with Crippen LogP contribution in [0.4, 0.5) is 0 Å². The van der Waals surface area contributed by atoms with E-state index in [1.54, 1.807) is 18.2 Å². The second-order valence-corrected chi connectivity index (χ2v) is 7.14. The number of nitrogens with zero attached hydrogens (tertiary/aromatic N) is 1. The molecule has 0 fully saturated rings. The van der Waals surface area contributed by atoms with Crippen molar-refractivity contribution in [1.82, 2.24) is 5.32 Å². The number of phenols is 1. The number of Topliss-reactive ketones (excluding diaryl/α,β-unsaturated/α-hetero) is 1. The van der Waals surface area contributed by atoms with E-state index in [0.29, 0.717) is 17.6 Å². The third kappa shape index (κ3) is 2.63. The summed E-state index contributed by atoms with van der Waals surface area (Å²) in [5.41, 5.74) is 3.61. The summed E-state index contributed by atoms with van der Waals surface area (Å²) in [4.78, 5) is 12.8. The van der Waals surface area contributed by atoms with Gasteiger partial charge in [0, 0.05) is 23.4 Å². The van der Waals surface area contributed by atoms with Gasteiger partial charge in [-0.05, 0) is 36.5 Å². The van der Waals surface area contributed by atoms with Crippen LogP contribution in [0, 0.1) is 16.7 Å². The molecule has 1 aromatic rings. The normalized spacial score (nSPS) is 23.2. The van der Waals surface area contributed by atoms with Crippen LogP contribution < -0.4 is 5.32 Å². The molecule has 4 heteroatoms. The van der Waals surface area contributed by atoms with E-state index in [1.807, 2.05) is 13.0 Å². The molecule has 4 nitrogen and oxygen atoms in total. The molecular formula is C19H20N2O2. The summed E-state index contributed by atoms with van der Waals surface area (Å²) in [6.45, 7) is 6.03. The number of dihydropyridines is 1. The van der Waals surface area contributed by atoms with Crippen molar-refractivity contribution in [3.63, 3.8) is 0 Å². The van der Waals surface area contributed by atoms with Crippen LogP contribution >= 0.6 is 0 Å². The highest BCUT2D eigenvalue weighted by Crippen LogP contribution is 2.46. The Balaban J connectivity index is 2.19. The number of benzene rings is 1. The molecule has 0 bridgehead atoms. The predicted molar refractivity (Wildman–Crippen MR) is 87.3 cm³/mol. The molecule has 23 heavy (non-hydrogen) atoms. The van der Waals surface area contributed by atoms with Crippen molar-refractivity contribution >= 4 is 5.78 Å². The van der Waals surface area contributed by atoms with Gasteiger partial charge in [-0.2, -0.15) is 5.26 Å². The first-order valence-electron chi connectivity index (χ1n) is 7.75. The zero-order valence-electron chi connectivity index (χ0n) is 13.6. The number of phenolic OH excluding ortho intramolecular Hbond substituents is 1. The number of nitrogens with one attached hydrogen (secondary N) is 1. The van der Waals surface area contributed by atoms with E-state index in [4.69, 9.17) is 0 Å². The first-order chi connectivity index (χ1) is 10.8. The van der Waals surface area contributed by atoms with Gasteiger partial charge in [0.25, 0.3) is 0 Å². The Morgan fingerprint density at radius 3 is 2.74 bits per heavy atom. The molecule has 2 aliphatic rings. The molecule has 0 radical (unpaired) electrons. The number of carbonyl (C=O) groups excluding carboxylic acids is 1. The second-order valence-electron chi connectivity index (χ2n) is 7.14. The van der Waals surface area contributed by atoms with Crippen LogP contribution in [-0.4, -0.2) is 10.9 Å². The van der Waals surface area contributed by atoms with E-state index in [9.17, 15) is 15.2 Å². The van der Waals surface area contributed by atoms with E-state index in [0.717, 1.165) is 23.4 Å². The van der Waals surface area contributed by atoms with Gasteiger partial charge in [0.15, 0.2) is 5.78 Å². The molecule has 1 aromatic carbocycles. The van der Waals surface area contributed by atoms with Crippen LogP contribution in [0.3, 0.4) is 0 Å². The van der Waals surface area contributed by atoms with Crippen LogP contribution in [0.1, 0.15) is 45.1 Å². The summed E-state index contributed by atoms with van der Waals surface area (Å²) >= 11 is 0. The highest BCUT2D eigenvalue weighted by molar-refractivity contribution is 6.00. The molecule has 1 unspecified atom stereocenters. The van der Waals surface area contributed by atoms with E-state index in [2.05, 4.69) is 25.2 Å². The SMILES string of the molecule is CC1=C(C#N)C(c2cccc(O)c2)C2=C(CC(C)(C)CC2=O)N1. The topological polar surface area (TPSA) is 73.1 Å². The number of allylic oxidation sites excluding steroid dienone is 4. The number of carbonyl (C=O) groups is 1. The Morgan fingerprint density at radius 2 is 2.09 bits per heavy atom. The fourth-order valence-electron chi connectivity index (χ4n) is 3.62. The summed E-state index contributed by atoms with van der Waals surface area (Å²) in [7, 11) is 0. The molecular weight excluding hydrogens is 288 g/mol. The van der Waals surface area contributed by atoms with E-state index < -0.39 is 5.92 Å². The maximum atomic E-state index is 12.8. The van der Waals surface area contributed by atoms with Crippen LogP contribution in [0.2, 0.25) is 0 Å². The maximum absolute atomic E-state index is 12.8. The number of rotatable bonds is 1. The quantitative estimate of drug-likeness (QED) is 0.832. The van der Waals surface area contributed by atoms with Crippen LogP contribution in [0.5, 0.6) is 5.75 Å². The lowest BCUT2D eigenvalue weighted by molar-refractivity contribution is -0.118. The maximum Gasteiger partial charge on any atom is 0.162 e. The van der Waals surface area contributed by atoms with E-state index in [1.165, 1.54) is 0 Å². The van der Waals surface area contributed by atoms with E-state index in [-0.39, 0.29) is 16.9 Å². The fraction of sp³-hybridized carbons (Fsp3) is 0.368. The van der Waals surface area contributed by atoms with Gasteiger partial charge in [0.05, 0.1) is 17.6 Å². The first-order valence-corrected chi connectivity index (χ1v) is 7.75. The average molecular weight is 308 g/mol. The smallest absolute Gasteiger partial charge is 0.162 e. The summed E-state index contributed by atoms with van der Waals surface area (Å²) < 4.78 is 0. The Labute approximate surface area is 136 Å². The average Bonchev–Trinajstić information content (AvgIpc) is 2.44. The molecule has 118 valence electrons. The zero-order chi connectivity index (χ0) is 16.8. The standard InChI is InChI=1S/C19H20N2O2/c1-11-14(10-20)17(12-5-4-6-13(22)7-12)18-15(21-11)8-19(2,3)9-16(18)23/h4-7,17,21-22H,8-9H2,1-3H3. The Kier molecular flexibility index (Phi) is 3.52.